The predicted molar refractivity (Wildman–Crippen MR) is 109 cm³/mol. The van der Waals surface area contributed by atoms with Crippen molar-refractivity contribution in [2.24, 2.45) is 0 Å². The molecule has 0 spiro atoms. The summed E-state index contributed by atoms with van der Waals surface area (Å²) >= 11 is 0. The Morgan fingerprint density at radius 2 is 1.52 bits per heavy atom. The number of aldehydes is 1. The average molecular weight is 365 g/mol. The minimum atomic E-state index is -1.09. The highest BCUT2D eigenvalue weighted by atomic mass is 28.3. The highest BCUT2D eigenvalue weighted by molar-refractivity contribution is 6.76. The fraction of sp³-hybridized carbons (Fsp3) is 0.667. The minimum absolute atomic E-state index is 0.130. The molecule has 1 aromatic carbocycles. The van der Waals surface area contributed by atoms with Gasteiger partial charge in [0, 0.05) is 25.8 Å². The van der Waals surface area contributed by atoms with Crippen LogP contribution in [0.25, 0.3) is 0 Å². The Labute approximate surface area is 155 Å². The smallest absolute Gasteiger partial charge is 0.189 e. The quantitative estimate of drug-likeness (QED) is 0.266. The molecule has 0 fully saturated rings. The second kappa shape index (κ2) is 8.04. The van der Waals surface area contributed by atoms with Gasteiger partial charge in [-0.25, -0.2) is 0 Å². The van der Waals surface area contributed by atoms with Gasteiger partial charge < -0.3 is 9.47 Å². The Kier molecular flexibility index (Phi) is 7.05. The third-order valence-corrected chi connectivity index (χ3v) is 5.82. The van der Waals surface area contributed by atoms with Crippen molar-refractivity contribution in [3.05, 3.63) is 28.8 Å². The Hall–Kier alpha value is -1.13. The lowest BCUT2D eigenvalue weighted by Gasteiger charge is -2.33. The summed E-state index contributed by atoms with van der Waals surface area (Å²) in [5.41, 5.74) is 2.63. The number of carbonyl (C=O) groups excluding carboxylic acids is 1. The molecule has 0 aromatic heterocycles. The van der Waals surface area contributed by atoms with Crippen molar-refractivity contribution in [2.45, 2.75) is 78.1 Å². The summed E-state index contributed by atoms with van der Waals surface area (Å²) in [6, 6.07) is 4.89. The summed E-state index contributed by atoms with van der Waals surface area (Å²) in [5, 5.41) is 0. The molecule has 0 saturated heterocycles. The molecular formula is C21H36O3Si. The summed E-state index contributed by atoms with van der Waals surface area (Å²) in [6.07, 6.45) is 0.948. The lowest BCUT2D eigenvalue weighted by atomic mass is 9.73. The number of benzene rings is 1. The number of carbonyl (C=O) groups is 1. The van der Waals surface area contributed by atoms with E-state index in [1.807, 2.05) is 12.1 Å². The minimum Gasteiger partial charge on any atom is -0.467 e. The maximum atomic E-state index is 11.6. The topological polar surface area (TPSA) is 35.5 Å². The number of rotatable bonds is 7. The van der Waals surface area contributed by atoms with E-state index in [-0.39, 0.29) is 17.6 Å². The lowest BCUT2D eigenvalue weighted by molar-refractivity contribution is 0.0209. The van der Waals surface area contributed by atoms with E-state index in [1.165, 1.54) is 0 Å². The molecular weight excluding hydrogens is 328 g/mol. The number of hydrogen-bond donors (Lipinski definition) is 0. The monoisotopic (exact) mass is 364 g/mol. The molecule has 0 aliphatic rings. The molecule has 1 aromatic rings. The molecule has 0 bridgehead atoms. The van der Waals surface area contributed by atoms with Gasteiger partial charge in [-0.2, -0.15) is 0 Å². The van der Waals surface area contributed by atoms with Crippen molar-refractivity contribution < 1.29 is 14.3 Å². The van der Waals surface area contributed by atoms with Gasteiger partial charge in [0.25, 0.3) is 0 Å². The molecule has 0 amide bonds. The SMILES string of the molecule is CC(C)(C)c1c(C=O)ccc(OCOCC[Si](C)(C)C)c1C(C)(C)C. The molecule has 0 atom stereocenters. The molecule has 0 unspecified atom stereocenters. The van der Waals surface area contributed by atoms with Crippen LogP contribution in [0.1, 0.15) is 63.0 Å². The molecule has 0 aliphatic heterocycles. The Morgan fingerprint density at radius 3 is 1.96 bits per heavy atom. The Morgan fingerprint density at radius 1 is 0.960 bits per heavy atom. The molecule has 0 aliphatic carbocycles. The van der Waals surface area contributed by atoms with Gasteiger partial charge in [0.2, 0.25) is 0 Å². The first kappa shape index (κ1) is 21.9. The van der Waals surface area contributed by atoms with Crippen LogP contribution in [0.15, 0.2) is 12.1 Å². The molecule has 0 radical (unpaired) electrons. The van der Waals surface area contributed by atoms with Crippen LogP contribution in [-0.4, -0.2) is 27.8 Å². The van der Waals surface area contributed by atoms with Crippen LogP contribution in [0.2, 0.25) is 25.7 Å². The van der Waals surface area contributed by atoms with Crippen molar-refractivity contribution >= 4 is 14.4 Å². The second-order valence-electron chi connectivity index (χ2n) is 10.0. The van der Waals surface area contributed by atoms with Crippen LogP contribution in [-0.2, 0) is 15.6 Å². The van der Waals surface area contributed by atoms with Gasteiger partial charge in [-0.05, 0) is 34.6 Å². The van der Waals surface area contributed by atoms with Gasteiger partial charge in [0.05, 0.1) is 0 Å². The van der Waals surface area contributed by atoms with Crippen LogP contribution in [0.3, 0.4) is 0 Å². The Balaban J connectivity index is 3.10. The lowest BCUT2D eigenvalue weighted by Crippen LogP contribution is -2.25. The predicted octanol–water partition coefficient (Wildman–Crippen LogP) is 5.79. The first-order valence-electron chi connectivity index (χ1n) is 9.11. The standard InChI is InChI=1S/C21H36O3Si/c1-20(2,3)18-16(14-22)10-11-17(19(18)21(4,5)6)24-15-23-12-13-25(7,8)9/h10-11,14H,12-13,15H2,1-9H3. The maximum absolute atomic E-state index is 11.6. The van der Waals surface area contributed by atoms with Crippen molar-refractivity contribution in [3.8, 4) is 5.75 Å². The van der Waals surface area contributed by atoms with E-state index in [4.69, 9.17) is 9.47 Å². The zero-order valence-corrected chi connectivity index (χ0v) is 18.6. The second-order valence-corrected chi connectivity index (χ2v) is 15.6. The van der Waals surface area contributed by atoms with E-state index in [2.05, 4.69) is 61.2 Å². The van der Waals surface area contributed by atoms with E-state index in [1.54, 1.807) is 0 Å². The first-order valence-corrected chi connectivity index (χ1v) is 12.8. The molecule has 3 nitrogen and oxygen atoms in total. The fourth-order valence-electron chi connectivity index (χ4n) is 2.91. The van der Waals surface area contributed by atoms with Gasteiger partial charge in [-0.3, -0.25) is 4.79 Å². The van der Waals surface area contributed by atoms with Crippen molar-refractivity contribution in [3.63, 3.8) is 0 Å². The molecule has 0 heterocycles. The van der Waals surface area contributed by atoms with Gasteiger partial charge >= 0.3 is 0 Å². The van der Waals surface area contributed by atoms with Gasteiger partial charge in [-0.1, -0.05) is 61.2 Å². The van der Waals surface area contributed by atoms with E-state index in [0.29, 0.717) is 0 Å². The summed E-state index contributed by atoms with van der Waals surface area (Å²) in [5.74, 6) is 0.816. The van der Waals surface area contributed by atoms with E-state index >= 15 is 0 Å². The summed E-state index contributed by atoms with van der Waals surface area (Å²) in [4.78, 5) is 11.6. The molecule has 0 saturated carbocycles. The maximum Gasteiger partial charge on any atom is 0.189 e. The van der Waals surface area contributed by atoms with E-state index in [0.717, 1.165) is 41.4 Å². The van der Waals surface area contributed by atoms with Crippen LogP contribution in [0.5, 0.6) is 5.75 Å². The normalized spacial score (nSPS) is 13.0. The van der Waals surface area contributed by atoms with Crippen LogP contribution < -0.4 is 4.74 Å². The number of ether oxygens (including phenoxy) is 2. The summed E-state index contributed by atoms with van der Waals surface area (Å²) in [7, 11) is -1.09. The van der Waals surface area contributed by atoms with Crippen LogP contribution in [0.4, 0.5) is 0 Å². The highest BCUT2D eigenvalue weighted by Gasteiger charge is 2.31. The number of hydrogen-bond acceptors (Lipinski definition) is 3. The first-order chi connectivity index (χ1) is 11.3. The van der Waals surface area contributed by atoms with Gasteiger partial charge in [0.15, 0.2) is 6.79 Å². The van der Waals surface area contributed by atoms with Crippen molar-refractivity contribution in [1.82, 2.24) is 0 Å². The third kappa shape index (κ3) is 6.59. The fourth-order valence-corrected chi connectivity index (χ4v) is 3.67. The summed E-state index contributed by atoms with van der Waals surface area (Å²) < 4.78 is 11.7. The van der Waals surface area contributed by atoms with E-state index in [9.17, 15) is 4.79 Å². The molecule has 0 N–H and O–H groups in total. The molecule has 25 heavy (non-hydrogen) atoms. The Bertz CT molecular complexity index is 587. The van der Waals surface area contributed by atoms with Crippen LogP contribution in [0, 0.1) is 0 Å². The third-order valence-electron chi connectivity index (χ3n) is 4.12. The van der Waals surface area contributed by atoms with Gasteiger partial charge in [0.1, 0.15) is 12.0 Å². The molecule has 4 heteroatoms. The van der Waals surface area contributed by atoms with Crippen molar-refractivity contribution in [1.29, 1.82) is 0 Å². The van der Waals surface area contributed by atoms with Crippen molar-refractivity contribution in [2.75, 3.05) is 13.4 Å². The zero-order chi connectivity index (χ0) is 19.5. The largest absolute Gasteiger partial charge is 0.467 e. The van der Waals surface area contributed by atoms with Crippen LogP contribution >= 0.6 is 0 Å². The van der Waals surface area contributed by atoms with E-state index < -0.39 is 8.07 Å². The molecule has 1 rings (SSSR count). The zero-order valence-electron chi connectivity index (χ0n) is 17.6. The summed E-state index contributed by atoms with van der Waals surface area (Å²) in [6.45, 7) is 20.9. The van der Waals surface area contributed by atoms with Gasteiger partial charge in [-0.15, -0.1) is 0 Å². The average Bonchev–Trinajstić information content (AvgIpc) is 2.42. The highest BCUT2D eigenvalue weighted by Crippen LogP contribution is 2.41. The molecule has 142 valence electrons.